The molecule has 1 unspecified atom stereocenters. The number of carbonyl (C=O) groups excluding carboxylic acids is 1. The van der Waals surface area contributed by atoms with Gasteiger partial charge in [0.1, 0.15) is 43.0 Å². The van der Waals surface area contributed by atoms with Crippen LogP contribution in [0.1, 0.15) is 20.8 Å². The van der Waals surface area contributed by atoms with E-state index < -0.39 is 41.8 Å². The van der Waals surface area contributed by atoms with Gasteiger partial charge in [-0.05, 0) is 20.8 Å². The highest BCUT2D eigenvalue weighted by molar-refractivity contribution is 5.68. The quantitative estimate of drug-likeness (QED) is 0.406. The minimum absolute atomic E-state index is 0.0202. The molecule has 166 valence electrons. The summed E-state index contributed by atoms with van der Waals surface area (Å²) in [7, 11) is 4.29. The number of hydrogen-bond acceptors (Lipinski definition) is 10. The number of amides is 1. The van der Waals surface area contributed by atoms with Crippen molar-refractivity contribution in [3.8, 4) is 0 Å². The minimum Gasteiger partial charge on any atom is -0.444 e. The predicted molar refractivity (Wildman–Crippen MR) is 97.4 cm³/mol. The van der Waals surface area contributed by atoms with E-state index in [1.54, 1.807) is 20.8 Å². The number of nitrogens with two attached hydrogens (primary N) is 1. The molecule has 11 nitrogen and oxygen atoms in total. The maximum Gasteiger partial charge on any atom is 0.408 e. The van der Waals surface area contributed by atoms with Crippen molar-refractivity contribution in [3.63, 3.8) is 0 Å². The third-order valence-corrected chi connectivity index (χ3v) is 3.95. The topological polar surface area (TPSA) is 140 Å². The van der Waals surface area contributed by atoms with Crippen molar-refractivity contribution in [2.75, 3.05) is 48.1 Å². The Bertz CT molecular complexity index is 474. The van der Waals surface area contributed by atoms with Gasteiger partial charge in [0.15, 0.2) is 6.29 Å². The van der Waals surface area contributed by atoms with Gasteiger partial charge in [-0.1, -0.05) is 0 Å². The molecule has 1 aliphatic rings. The molecule has 4 N–H and O–H groups in total. The van der Waals surface area contributed by atoms with Crippen LogP contribution in [0.3, 0.4) is 0 Å². The molecule has 5 atom stereocenters. The summed E-state index contributed by atoms with van der Waals surface area (Å²) >= 11 is 0. The van der Waals surface area contributed by atoms with Crippen molar-refractivity contribution in [3.05, 3.63) is 0 Å². The molecule has 11 heteroatoms. The number of ether oxygens (including phenoxy) is 7. The van der Waals surface area contributed by atoms with E-state index >= 15 is 0 Å². The van der Waals surface area contributed by atoms with Gasteiger partial charge in [0.2, 0.25) is 0 Å². The van der Waals surface area contributed by atoms with Gasteiger partial charge in [-0.3, -0.25) is 0 Å². The molecule has 0 aromatic heterocycles. The van der Waals surface area contributed by atoms with Crippen molar-refractivity contribution >= 4 is 6.09 Å². The Morgan fingerprint density at radius 3 is 2.25 bits per heavy atom. The lowest BCUT2D eigenvalue weighted by Gasteiger charge is -2.51. The van der Waals surface area contributed by atoms with Gasteiger partial charge in [0.05, 0.1) is 6.61 Å². The summed E-state index contributed by atoms with van der Waals surface area (Å²) in [5.74, 6) is 0. The molecule has 1 fully saturated rings. The van der Waals surface area contributed by atoms with Crippen LogP contribution >= 0.6 is 0 Å². The minimum atomic E-state index is -1.76. The smallest absolute Gasteiger partial charge is 0.408 e. The SMILES string of the molecule is COCOC1O[C@H](CN)[C@@H](OCOC)[C@@](O)(COC)[C@H]1NC(=O)OC(C)(C)C. The normalized spacial score (nSPS) is 30.9. The molecule has 1 saturated heterocycles. The zero-order chi connectivity index (χ0) is 21.4. The van der Waals surface area contributed by atoms with E-state index in [0.29, 0.717) is 0 Å². The molecule has 1 aliphatic heterocycles. The molecule has 0 spiro atoms. The van der Waals surface area contributed by atoms with Crippen molar-refractivity contribution in [1.82, 2.24) is 5.32 Å². The van der Waals surface area contributed by atoms with Gasteiger partial charge in [-0.15, -0.1) is 0 Å². The number of methoxy groups -OCH3 is 3. The van der Waals surface area contributed by atoms with Crippen LogP contribution in [0, 0.1) is 0 Å². The number of rotatable bonds is 10. The molecular weight excluding hydrogens is 376 g/mol. The molecular formula is C17H34N2O9. The van der Waals surface area contributed by atoms with Crippen molar-refractivity contribution in [2.45, 2.75) is 56.5 Å². The molecule has 0 aliphatic carbocycles. The van der Waals surface area contributed by atoms with Crippen LogP contribution in [0.5, 0.6) is 0 Å². The van der Waals surface area contributed by atoms with Crippen LogP contribution < -0.4 is 11.1 Å². The molecule has 0 bridgehead atoms. The highest BCUT2D eigenvalue weighted by Gasteiger charge is 2.58. The summed E-state index contributed by atoms with van der Waals surface area (Å²) in [5, 5.41) is 14.1. The molecule has 1 amide bonds. The van der Waals surface area contributed by atoms with Gasteiger partial charge < -0.3 is 49.3 Å². The number of hydrogen-bond donors (Lipinski definition) is 3. The largest absolute Gasteiger partial charge is 0.444 e. The van der Waals surface area contributed by atoms with Crippen molar-refractivity contribution < 1.29 is 43.1 Å². The Morgan fingerprint density at radius 2 is 1.75 bits per heavy atom. The second-order valence-corrected chi connectivity index (χ2v) is 7.39. The van der Waals surface area contributed by atoms with E-state index in [1.165, 1.54) is 21.3 Å². The van der Waals surface area contributed by atoms with Crippen molar-refractivity contribution in [1.29, 1.82) is 0 Å². The Morgan fingerprint density at radius 1 is 1.14 bits per heavy atom. The number of aliphatic hydroxyl groups is 1. The van der Waals surface area contributed by atoms with Crippen molar-refractivity contribution in [2.24, 2.45) is 5.73 Å². The Labute approximate surface area is 165 Å². The predicted octanol–water partition coefficient (Wildman–Crippen LogP) is -0.450. The van der Waals surface area contributed by atoms with E-state index in [2.05, 4.69) is 5.32 Å². The summed E-state index contributed by atoms with van der Waals surface area (Å²) < 4.78 is 37.4. The number of carbonyl (C=O) groups is 1. The first-order valence-electron chi connectivity index (χ1n) is 8.90. The second kappa shape index (κ2) is 11.2. The summed E-state index contributed by atoms with van der Waals surface area (Å²) in [5.41, 5.74) is 3.31. The Kier molecular flexibility index (Phi) is 10.0. The van der Waals surface area contributed by atoms with E-state index in [-0.39, 0.29) is 26.7 Å². The maximum absolute atomic E-state index is 12.4. The molecule has 1 rings (SSSR count). The zero-order valence-electron chi connectivity index (χ0n) is 17.4. The standard InChI is InChI=1S/C17H34N2O9/c1-16(2,3)28-15(20)19-12-14(26-10-24-6)27-11(7-18)13(25-9-23-5)17(12,21)8-22-4/h11-14,21H,7-10,18H2,1-6H3,(H,19,20)/t11-,12+,13-,14?,17-/m1/s1. The fourth-order valence-electron chi connectivity index (χ4n) is 2.93. The molecule has 28 heavy (non-hydrogen) atoms. The molecule has 0 aromatic rings. The lowest BCUT2D eigenvalue weighted by atomic mass is 9.82. The van der Waals surface area contributed by atoms with Gasteiger partial charge in [-0.25, -0.2) is 4.79 Å². The third kappa shape index (κ3) is 6.78. The van der Waals surface area contributed by atoms with Gasteiger partial charge >= 0.3 is 6.09 Å². The molecule has 0 saturated carbocycles. The van der Waals surface area contributed by atoms with Crippen LogP contribution in [0.15, 0.2) is 0 Å². The van der Waals surface area contributed by atoms with Gasteiger partial charge in [-0.2, -0.15) is 0 Å². The first-order chi connectivity index (χ1) is 13.1. The summed E-state index contributed by atoms with van der Waals surface area (Å²) in [6.45, 7) is 4.72. The van der Waals surface area contributed by atoms with E-state index in [9.17, 15) is 9.90 Å². The van der Waals surface area contributed by atoms with Crippen LogP contribution in [-0.4, -0.2) is 95.0 Å². The Hall–Kier alpha value is -1.05. The van der Waals surface area contributed by atoms with E-state index in [4.69, 9.17) is 38.9 Å². The van der Waals surface area contributed by atoms with E-state index in [0.717, 1.165) is 0 Å². The molecule has 0 radical (unpaired) electrons. The first kappa shape index (κ1) is 25.0. The highest BCUT2D eigenvalue weighted by atomic mass is 16.8. The third-order valence-electron chi connectivity index (χ3n) is 3.95. The molecule has 1 heterocycles. The fourth-order valence-corrected chi connectivity index (χ4v) is 2.93. The van der Waals surface area contributed by atoms with Gasteiger partial charge in [0, 0.05) is 27.9 Å². The van der Waals surface area contributed by atoms with Crippen LogP contribution in [0.25, 0.3) is 0 Å². The second-order valence-electron chi connectivity index (χ2n) is 7.39. The summed E-state index contributed by atoms with van der Waals surface area (Å²) in [6, 6.07) is -1.11. The summed E-state index contributed by atoms with van der Waals surface area (Å²) in [4.78, 5) is 12.4. The zero-order valence-corrected chi connectivity index (χ0v) is 17.4. The van der Waals surface area contributed by atoms with Gasteiger partial charge in [0.25, 0.3) is 0 Å². The monoisotopic (exact) mass is 410 g/mol. The average molecular weight is 410 g/mol. The summed E-state index contributed by atoms with van der Waals surface area (Å²) in [6.07, 6.45) is -3.59. The van der Waals surface area contributed by atoms with Crippen LogP contribution in [0.2, 0.25) is 0 Å². The number of nitrogens with one attached hydrogen (secondary N) is 1. The highest BCUT2D eigenvalue weighted by Crippen LogP contribution is 2.33. The van der Waals surface area contributed by atoms with Crippen LogP contribution in [0.4, 0.5) is 4.79 Å². The number of alkyl carbamates (subject to hydrolysis) is 1. The Balaban J connectivity index is 3.22. The lowest BCUT2D eigenvalue weighted by Crippen LogP contribution is -2.74. The first-order valence-corrected chi connectivity index (χ1v) is 8.90. The average Bonchev–Trinajstić information content (AvgIpc) is 2.60. The fraction of sp³-hybridized carbons (Fsp3) is 0.941. The molecule has 0 aromatic carbocycles. The van der Waals surface area contributed by atoms with E-state index in [1.807, 2.05) is 0 Å². The maximum atomic E-state index is 12.4. The lowest BCUT2D eigenvalue weighted by molar-refractivity contribution is -0.326. The van der Waals surface area contributed by atoms with Crippen LogP contribution in [-0.2, 0) is 33.2 Å².